The minimum Gasteiger partial charge on any atom is -0.369 e. The molecule has 1 aromatic heterocycles. The first-order valence-corrected chi connectivity index (χ1v) is 7.85. The normalized spacial score (nSPS) is 10.4. The number of aryl methyl sites for hydroxylation is 1. The Kier molecular flexibility index (Phi) is 4.57. The van der Waals surface area contributed by atoms with Gasteiger partial charge in [-0.1, -0.05) is 48.5 Å². The van der Waals surface area contributed by atoms with Crippen molar-refractivity contribution in [3.8, 4) is 0 Å². The Labute approximate surface area is 142 Å². The lowest BCUT2D eigenvalue weighted by Gasteiger charge is -2.22. The molecule has 120 valence electrons. The van der Waals surface area contributed by atoms with Gasteiger partial charge < -0.3 is 5.73 Å². The van der Waals surface area contributed by atoms with E-state index in [4.69, 9.17) is 16.1 Å². The maximum atomic E-state index is 7.92. The summed E-state index contributed by atoms with van der Waals surface area (Å²) < 4.78 is 0. The van der Waals surface area contributed by atoms with Crippen molar-refractivity contribution in [2.24, 2.45) is 5.73 Å². The molecule has 4 nitrogen and oxygen atoms in total. The van der Waals surface area contributed by atoms with Gasteiger partial charge >= 0.3 is 0 Å². The Morgan fingerprint density at radius 1 is 0.958 bits per heavy atom. The van der Waals surface area contributed by atoms with Crippen molar-refractivity contribution in [3.63, 3.8) is 0 Å². The van der Waals surface area contributed by atoms with Crippen LogP contribution in [0.1, 0.15) is 16.8 Å². The Bertz CT molecular complexity index is 843. The molecule has 0 saturated heterocycles. The van der Waals surface area contributed by atoms with Gasteiger partial charge in [-0.25, -0.2) is 4.98 Å². The summed E-state index contributed by atoms with van der Waals surface area (Å²) in [5, 5.41) is 7.92. The van der Waals surface area contributed by atoms with E-state index in [1.807, 2.05) is 60.7 Å². The number of para-hydroxylation sites is 1. The number of benzene rings is 2. The van der Waals surface area contributed by atoms with Gasteiger partial charge in [0.25, 0.3) is 0 Å². The zero-order valence-corrected chi connectivity index (χ0v) is 13.6. The van der Waals surface area contributed by atoms with Crippen molar-refractivity contribution >= 4 is 17.5 Å². The molecule has 0 unspecified atom stereocenters. The fourth-order valence-electron chi connectivity index (χ4n) is 2.67. The second kappa shape index (κ2) is 6.96. The van der Waals surface area contributed by atoms with E-state index < -0.39 is 0 Å². The summed E-state index contributed by atoms with van der Waals surface area (Å²) in [5.41, 5.74) is 10.1. The molecule has 2 aromatic carbocycles. The van der Waals surface area contributed by atoms with Crippen molar-refractivity contribution in [1.29, 1.82) is 5.41 Å². The number of pyridine rings is 1. The molecule has 0 aliphatic heterocycles. The van der Waals surface area contributed by atoms with Gasteiger partial charge in [0.2, 0.25) is 0 Å². The standard InChI is InChI=1S/C20H20N4/c1-15-8-5-6-9-16(15)14-17-10-7-13-19(23-17)24(20(21)22)18-11-3-2-4-12-18/h2-13H,14H2,1H3,(H3,21,22). The van der Waals surface area contributed by atoms with Crippen LogP contribution in [0.25, 0.3) is 0 Å². The second-order valence-electron chi connectivity index (χ2n) is 5.65. The SMILES string of the molecule is Cc1ccccc1Cc1cccc(N(C(=N)N)c2ccccc2)n1. The number of hydrogen-bond donors (Lipinski definition) is 2. The fourth-order valence-corrected chi connectivity index (χ4v) is 2.67. The molecular weight excluding hydrogens is 296 g/mol. The second-order valence-corrected chi connectivity index (χ2v) is 5.65. The number of anilines is 2. The Balaban J connectivity index is 1.94. The van der Waals surface area contributed by atoms with Crippen LogP contribution >= 0.6 is 0 Å². The van der Waals surface area contributed by atoms with Crippen LogP contribution < -0.4 is 10.6 Å². The van der Waals surface area contributed by atoms with Crippen LogP contribution in [0.15, 0.2) is 72.8 Å². The Morgan fingerprint density at radius 2 is 1.67 bits per heavy atom. The fraction of sp³-hybridized carbons (Fsp3) is 0.100. The number of nitrogens with two attached hydrogens (primary N) is 1. The van der Waals surface area contributed by atoms with Crippen molar-refractivity contribution in [1.82, 2.24) is 4.98 Å². The molecule has 3 N–H and O–H groups in total. The lowest BCUT2D eigenvalue weighted by atomic mass is 10.0. The zero-order chi connectivity index (χ0) is 16.9. The van der Waals surface area contributed by atoms with Gasteiger partial charge in [0.15, 0.2) is 5.96 Å². The van der Waals surface area contributed by atoms with Gasteiger partial charge in [-0.2, -0.15) is 0 Å². The predicted molar refractivity (Wildman–Crippen MR) is 98.7 cm³/mol. The molecule has 0 radical (unpaired) electrons. The summed E-state index contributed by atoms with van der Waals surface area (Å²) in [5.74, 6) is 0.599. The van der Waals surface area contributed by atoms with Gasteiger partial charge in [0, 0.05) is 12.1 Å². The first kappa shape index (κ1) is 15.7. The predicted octanol–water partition coefficient (Wildman–Crippen LogP) is 4.01. The lowest BCUT2D eigenvalue weighted by molar-refractivity contribution is 1.04. The molecule has 3 aromatic rings. The van der Waals surface area contributed by atoms with Gasteiger partial charge in [0.05, 0.1) is 5.69 Å². The number of nitrogens with one attached hydrogen (secondary N) is 1. The summed E-state index contributed by atoms with van der Waals surface area (Å²) in [6.45, 7) is 2.10. The minimum atomic E-state index is -0.0539. The lowest BCUT2D eigenvalue weighted by Crippen LogP contribution is -2.33. The van der Waals surface area contributed by atoms with Crippen LogP contribution in [-0.2, 0) is 6.42 Å². The topological polar surface area (TPSA) is 66.0 Å². The van der Waals surface area contributed by atoms with E-state index in [1.54, 1.807) is 4.90 Å². The molecule has 24 heavy (non-hydrogen) atoms. The van der Waals surface area contributed by atoms with E-state index in [1.165, 1.54) is 11.1 Å². The molecule has 1 heterocycles. The Hall–Kier alpha value is -3.14. The van der Waals surface area contributed by atoms with E-state index in [0.717, 1.165) is 17.8 Å². The van der Waals surface area contributed by atoms with Crippen LogP contribution in [0, 0.1) is 12.3 Å². The molecule has 0 fully saturated rings. The average Bonchev–Trinajstić information content (AvgIpc) is 2.58. The molecule has 0 spiro atoms. The molecule has 3 rings (SSSR count). The number of rotatable bonds is 4. The highest BCUT2D eigenvalue weighted by atomic mass is 15.3. The third-order valence-electron chi connectivity index (χ3n) is 3.91. The number of nitrogens with zero attached hydrogens (tertiary/aromatic N) is 2. The van der Waals surface area contributed by atoms with Gasteiger partial charge in [-0.15, -0.1) is 0 Å². The average molecular weight is 316 g/mol. The molecule has 0 bridgehead atoms. The van der Waals surface area contributed by atoms with E-state index in [2.05, 4.69) is 19.1 Å². The number of hydrogen-bond acceptors (Lipinski definition) is 2. The smallest absolute Gasteiger partial charge is 0.198 e. The van der Waals surface area contributed by atoms with Crippen LogP contribution in [0.3, 0.4) is 0 Å². The molecule has 0 amide bonds. The molecule has 0 atom stereocenters. The highest BCUT2D eigenvalue weighted by Gasteiger charge is 2.14. The highest BCUT2D eigenvalue weighted by molar-refractivity contribution is 5.98. The first-order valence-electron chi connectivity index (χ1n) is 7.85. The van der Waals surface area contributed by atoms with Gasteiger partial charge in [0.1, 0.15) is 5.82 Å². The van der Waals surface area contributed by atoms with Crippen molar-refractivity contribution in [3.05, 3.63) is 89.6 Å². The number of aromatic nitrogens is 1. The monoisotopic (exact) mass is 316 g/mol. The van der Waals surface area contributed by atoms with Crippen LogP contribution in [0.2, 0.25) is 0 Å². The summed E-state index contributed by atoms with van der Waals surface area (Å²) in [6, 6.07) is 23.7. The molecule has 0 saturated carbocycles. The molecule has 0 aliphatic carbocycles. The summed E-state index contributed by atoms with van der Waals surface area (Å²) in [6.07, 6.45) is 0.751. The molecule has 4 heteroatoms. The quantitative estimate of drug-likeness (QED) is 0.564. The third kappa shape index (κ3) is 3.43. The highest BCUT2D eigenvalue weighted by Crippen LogP contribution is 2.23. The molecule has 0 aliphatic rings. The van der Waals surface area contributed by atoms with E-state index in [0.29, 0.717) is 5.82 Å². The van der Waals surface area contributed by atoms with Crippen molar-refractivity contribution in [2.75, 3.05) is 4.90 Å². The van der Waals surface area contributed by atoms with Gasteiger partial charge in [-0.3, -0.25) is 10.3 Å². The van der Waals surface area contributed by atoms with Crippen LogP contribution in [0.5, 0.6) is 0 Å². The minimum absolute atomic E-state index is 0.0539. The summed E-state index contributed by atoms with van der Waals surface area (Å²) in [4.78, 5) is 6.35. The van der Waals surface area contributed by atoms with Crippen molar-refractivity contribution < 1.29 is 0 Å². The van der Waals surface area contributed by atoms with Gasteiger partial charge in [-0.05, 0) is 42.3 Å². The third-order valence-corrected chi connectivity index (χ3v) is 3.91. The first-order chi connectivity index (χ1) is 11.6. The van der Waals surface area contributed by atoms with Crippen molar-refractivity contribution in [2.45, 2.75) is 13.3 Å². The van der Waals surface area contributed by atoms with Crippen LogP contribution in [0.4, 0.5) is 11.5 Å². The maximum Gasteiger partial charge on any atom is 0.198 e. The van der Waals surface area contributed by atoms with E-state index in [9.17, 15) is 0 Å². The summed E-state index contributed by atoms with van der Waals surface area (Å²) >= 11 is 0. The van der Waals surface area contributed by atoms with Crippen LogP contribution in [-0.4, -0.2) is 10.9 Å². The summed E-state index contributed by atoms with van der Waals surface area (Å²) in [7, 11) is 0. The Morgan fingerprint density at radius 3 is 2.38 bits per heavy atom. The maximum absolute atomic E-state index is 7.92. The number of guanidine groups is 1. The molecular formula is C20H20N4. The van der Waals surface area contributed by atoms with E-state index >= 15 is 0 Å². The van der Waals surface area contributed by atoms with E-state index in [-0.39, 0.29) is 5.96 Å². The zero-order valence-electron chi connectivity index (χ0n) is 13.6. The largest absolute Gasteiger partial charge is 0.369 e.